The highest BCUT2D eigenvalue weighted by Crippen LogP contribution is 2.25. The first-order valence-electron chi connectivity index (χ1n) is 10.0. The predicted molar refractivity (Wildman–Crippen MR) is 123 cm³/mol. The number of nitrogens with one attached hydrogen (secondary N) is 1. The van der Waals surface area contributed by atoms with E-state index in [1.165, 1.54) is 29.7 Å². The number of hydrogen-bond donors (Lipinski definition) is 1. The van der Waals surface area contributed by atoms with Crippen molar-refractivity contribution in [1.29, 1.82) is 0 Å². The maximum atomic E-state index is 13.1. The normalized spacial score (nSPS) is 10.9. The number of carbonyl (C=O) groups excluding carboxylic acids is 2. The average molecular weight is 466 g/mol. The highest BCUT2D eigenvalue weighted by atomic mass is 32.1. The van der Waals surface area contributed by atoms with Crippen LogP contribution in [-0.2, 0) is 16.1 Å². The molecule has 0 saturated carbocycles. The second kappa shape index (κ2) is 9.29. The van der Waals surface area contributed by atoms with Gasteiger partial charge in [0, 0.05) is 29.4 Å². The number of thiazole rings is 1. The van der Waals surface area contributed by atoms with Crippen LogP contribution in [0.3, 0.4) is 0 Å². The fourth-order valence-corrected chi connectivity index (χ4v) is 3.93. The molecule has 0 radical (unpaired) electrons. The Morgan fingerprint density at radius 2 is 1.91 bits per heavy atom. The first-order valence-corrected chi connectivity index (χ1v) is 10.9. The molecule has 33 heavy (non-hydrogen) atoms. The summed E-state index contributed by atoms with van der Waals surface area (Å²) in [5, 5.41) is 4.87. The van der Waals surface area contributed by atoms with E-state index in [1.54, 1.807) is 34.2 Å². The molecule has 4 aromatic rings. The minimum Gasteiger partial charge on any atom is -0.452 e. The van der Waals surface area contributed by atoms with Gasteiger partial charge in [-0.25, -0.2) is 19.2 Å². The Labute approximate surface area is 191 Å². The number of carbonyl (C=O) groups is 2. The molecule has 1 aromatic carbocycles. The number of ether oxygens (including phenoxy) is 1. The third-order valence-electron chi connectivity index (χ3n) is 4.85. The highest BCUT2D eigenvalue weighted by Gasteiger charge is 2.19. The lowest BCUT2D eigenvalue weighted by Crippen LogP contribution is -2.25. The van der Waals surface area contributed by atoms with Gasteiger partial charge in [0.25, 0.3) is 5.91 Å². The van der Waals surface area contributed by atoms with Crippen molar-refractivity contribution in [3.05, 3.63) is 75.3 Å². The van der Waals surface area contributed by atoms with Gasteiger partial charge in [0.05, 0.1) is 11.1 Å². The number of aromatic nitrogens is 3. The van der Waals surface area contributed by atoms with E-state index in [9.17, 15) is 18.8 Å². The smallest absolute Gasteiger partial charge is 0.344 e. The molecule has 0 spiro atoms. The third-order valence-corrected chi connectivity index (χ3v) is 5.60. The molecule has 0 saturated heterocycles. The largest absolute Gasteiger partial charge is 0.452 e. The summed E-state index contributed by atoms with van der Waals surface area (Å²) in [5.41, 5.74) is 1.84. The molecule has 0 atom stereocenters. The van der Waals surface area contributed by atoms with Crippen LogP contribution in [0.15, 0.2) is 52.8 Å². The summed E-state index contributed by atoms with van der Waals surface area (Å²) in [6, 6.07) is 9.13. The van der Waals surface area contributed by atoms with Gasteiger partial charge < -0.3 is 9.30 Å². The Morgan fingerprint density at radius 1 is 1.15 bits per heavy atom. The zero-order valence-corrected chi connectivity index (χ0v) is 18.6. The molecule has 10 heteroatoms. The van der Waals surface area contributed by atoms with Crippen LogP contribution in [0.25, 0.3) is 22.3 Å². The molecule has 168 valence electrons. The Bertz CT molecular complexity index is 1410. The fraction of sp³-hybridized carbons (Fsp3) is 0.174. The lowest BCUT2D eigenvalue weighted by molar-refractivity contribution is -0.119. The second-order valence-corrected chi connectivity index (χ2v) is 8.01. The standard InChI is InChI=1S/C23H19FN4O4S/c1-3-28-10-17(20(30)16-9-4-13(2)25-21(16)28)22(31)32-11-19(29)27-23-26-18(12-33-23)14-5-7-15(24)8-6-14/h4-10,12H,3,11H2,1-2H3,(H,26,27,29). The summed E-state index contributed by atoms with van der Waals surface area (Å²) < 4.78 is 19.8. The molecule has 0 aliphatic heterocycles. The van der Waals surface area contributed by atoms with Crippen LogP contribution in [0.5, 0.6) is 0 Å². The number of aryl methyl sites for hydroxylation is 2. The van der Waals surface area contributed by atoms with Crippen LogP contribution >= 0.6 is 11.3 Å². The molecular weight excluding hydrogens is 447 g/mol. The zero-order valence-electron chi connectivity index (χ0n) is 17.8. The van der Waals surface area contributed by atoms with E-state index in [-0.39, 0.29) is 11.4 Å². The van der Waals surface area contributed by atoms with Crippen molar-refractivity contribution < 1.29 is 18.7 Å². The van der Waals surface area contributed by atoms with E-state index in [0.717, 1.165) is 5.69 Å². The molecule has 0 unspecified atom stereocenters. The topological polar surface area (TPSA) is 103 Å². The monoisotopic (exact) mass is 466 g/mol. The number of amides is 1. The molecule has 0 bridgehead atoms. The number of benzene rings is 1. The van der Waals surface area contributed by atoms with E-state index in [1.807, 2.05) is 13.8 Å². The molecule has 0 fully saturated rings. The number of halogens is 1. The molecule has 3 aromatic heterocycles. The number of rotatable bonds is 6. The van der Waals surface area contributed by atoms with Gasteiger partial charge in [-0.3, -0.25) is 14.9 Å². The van der Waals surface area contributed by atoms with Crippen molar-refractivity contribution in [3.8, 4) is 11.3 Å². The maximum Gasteiger partial charge on any atom is 0.344 e. The Hall–Kier alpha value is -3.92. The van der Waals surface area contributed by atoms with E-state index in [2.05, 4.69) is 15.3 Å². The minimum absolute atomic E-state index is 0.171. The van der Waals surface area contributed by atoms with Gasteiger partial charge in [-0.05, 0) is 50.2 Å². The maximum absolute atomic E-state index is 13.1. The third kappa shape index (κ3) is 4.80. The van der Waals surface area contributed by atoms with Crippen LogP contribution in [0.4, 0.5) is 9.52 Å². The number of esters is 1. The summed E-state index contributed by atoms with van der Waals surface area (Å²) in [5.74, 6) is -1.85. The van der Waals surface area contributed by atoms with Gasteiger partial charge >= 0.3 is 5.97 Å². The van der Waals surface area contributed by atoms with Crippen LogP contribution < -0.4 is 10.7 Å². The number of fused-ring (bicyclic) bond motifs is 1. The molecule has 8 nitrogen and oxygen atoms in total. The summed E-state index contributed by atoms with van der Waals surface area (Å²) in [7, 11) is 0. The van der Waals surface area contributed by atoms with Crippen LogP contribution in [0, 0.1) is 12.7 Å². The first kappa shape index (κ1) is 22.3. The SMILES string of the molecule is CCn1cc(C(=O)OCC(=O)Nc2nc(-c3ccc(F)cc3)cs2)c(=O)c2ccc(C)nc21. The first-order chi connectivity index (χ1) is 15.9. The summed E-state index contributed by atoms with van der Waals surface area (Å²) in [6.45, 7) is 3.59. The van der Waals surface area contributed by atoms with E-state index >= 15 is 0 Å². The molecule has 3 heterocycles. The minimum atomic E-state index is -0.897. The van der Waals surface area contributed by atoms with Crippen molar-refractivity contribution in [2.75, 3.05) is 11.9 Å². The van der Waals surface area contributed by atoms with Crippen molar-refractivity contribution in [2.24, 2.45) is 0 Å². The lowest BCUT2D eigenvalue weighted by atomic mass is 10.2. The quantitative estimate of drug-likeness (QED) is 0.434. The van der Waals surface area contributed by atoms with Gasteiger partial charge in [0.2, 0.25) is 5.43 Å². The van der Waals surface area contributed by atoms with E-state index in [0.29, 0.717) is 34.0 Å². The Morgan fingerprint density at radius 3 is 2.64 bits per heavy atom. The molecule has 1 amide bonds. The summed E-state index contributed by atoms with van der Waals surface area (Å²) in [6.07, 6.45) is 1.40. The summed E-state index contributed by atoms with van der Waals surface area (Å²) >= 11 is 1.18. The van der Waals surface area contributed by atoms with E-state index < -0.39 is 23.9 Å². The second-order valence-electron chi connectivity index (χ2n) is 7.15. The van der Waals surface area contributed by atoms with Crippen LogP contribution in [-0.4, -0.2) is 33.0 Å². The fourth-order valence-electron chi connectivity index (χ4n) is 3.19. The van der Waals surface area contributed by atoms with Gasteiger partial charge in [-0.1, -0.05) is 0 Å². The number of hydrogen-bond acceptors (Lipinski definition) is 7. The number of pyridine rings is 2. The summed E-state index contributed by atoms with van der Waals surface area (Å²) in [4.78, 5) is 46.2. The van der Waals surface area contributed by atoms with Crippen molar-refractivity contribution >= 4 is 39.4 Å². The molecule has 0 aliphatic carbocycles. The van der Waals surface area contributed by atoms with E-state index in [4.69, 9.17) is 4.74 Å². The average Bonchev–Trinajstić information content (AvgIpc) is 3.26. The number of anilines is 1. The molecule has 0 aliphatic rings. The Kier molecular flexibility index (Phi) is 6.27. The van der Waals surface area contributed by atoms with Gasteiger partial charge in [-0.15, -0.1) is 11.3 Å². The number of nitrogens with zero attached hydrogens (tertiary/aromatic N) is 3. The van der Waals surface area contributed by atoms with Crippen LogP contribution in [0.2, 0.25) is 0 Å². The van der Waals surface area contributed by atoms with Crippen molar-refractivity contribution in [3.63, 3.8) is 0 Å². The Balaban J connectivity index is 1.44. The molecule has 1 N–H and O–H groups in total. The van der Waals surface area contributed by atoms with Crippen LogP contribution in [0.1, 0.15) is 23.0 Å². The predicted octanol–water partition coefficient (Wildman–Crippen LogP) is 3.78. The van der Waals surface area contributed by atoms with Gasteiger partial charge in [0.1, 0.15) is 17.0 Å². The van der Waals surface area contributed by atoms with Crippen molar-refractivity contribution in [1.82, 2.24) is 14.5 Å². The lowest BCUT2D eigenvalue weighted by Gasteiger charge is -2.11. The molecule has 4 rings (SSSR count). The molecular formula is C23H19FN4O4S. The van der Waals surface area contributed by atoms with Gasteiger partial charge in [-0.2, -0.15) is 0 Å². The highest BCUT2D eigenvalue weighted by molar-refractivity contribution is 7.14. The van der Waals surface area contributed by atoms with Crippen molar-refractivity contribution in [2.45, 2.75) is 20.4 Å². The zero-order chi connectivity index (χ0) is 23.5. The van der Waals surface area contributed by atoms with Gasteiger partial charge in [0.15, 0.2) is 11.7 Å².